The monoisotopic (exact) mass is 293 g/mol. The Morgan fingerprint density at radius 2 is 1.76 bits per heavy atom. The van der Waals surface area contributed by atoms with Crippen LogP contribution >= 0.6 is 15.9 Å². The predicted molar refractivity (Wildman–Crippen MR) is 72.7 cm³/mol. The molecule has 0 saturated heterocycles. The average Bonchev–Trinajstić information content (AvgIpc) is 2.31. The molecule has 0 unspecified atom stereocenters. The van der Waals surface area contributed by atoms with E-state index in [1.54, 1.807) is 6.07 Å². The number of anilines is 2. The van der Waals surface area contributed by atoms with Gasteiger partial charge in [0.2, 0.25) is 5.88 Å². The highest BCUT2D eigenvalue weighted by atomic mass is 79.9. The van der Waals surface area contributed by atoms with E-state index in [4.69, 9.17) is 16.2 Å². The lowest BCUT2D eigenvalue weighted by Crippen LogP contribution is -2.01. The molecule has 17 heavy (non-hydrogen) atoms. The van der Waals surface area contributed by atoms with E-state index < -0.39 is 0 Å². The number of aromatic nitrogens is 1. The van der Waals surface area contributed by atoms with Gasteiger partial charge in [-0.25, -0.2) is 4.98 Å². The van der Waals surface area contributed by atoms with E-state index in [9.17, 15) is 0 Å². The highest BCUT2D eigenvalue weighted by Gasteiger charge is 2.09. The minimum Gasteiger partial charge on any atom is -0.480 e. The van der Waals surface area contributed by atoms with Crippen molar-refractivity contribution in [3.8, 4) is 17.1 Å². The van der Waals surface area contributed by atoms with Crippen molar-refractivity contribution in [2.45, 2.75) is 0 Å². The van der Waals surface area contributed by atoms with E-state index in [2.05, 4.69) is 20.9 Å². The Morgan fingerprint density at radius 3 is 2.35 bits per heavy atom. The molecule has 5 heteroatoms. The predicted octanol–water partition coefficient (Wildman–Crippen LogP) is 2.68. The van der Waals surface area contributed by atoms with E-state index in [-0.39, 0.29) is 0 Å². The van der Waals surface area contributed by atoms with E-state index in [0.717, 1.165) is 10.0 Å². The van der Waals surface area contributed by atoms with Crippen LogP contribution in [0.4, 0.5) is 11.4 Å². The Kier molecular flexibility index (Phi) is 3.19. The molecule has 4 N–H and O–H groups in total. The summed E-state index contributed by atoms with van der Waals surface area (Å²) < 4.78 is 6.09. The van der Waals surface area contributed by atoms with Crippen LogP contribution in [0.1, 0.15) is 0 Å². The quantitative estimate of drug-likeness (QED) is 0.893. The van der Waals surface area contributed by atoms with Crippen molar-refractivity contribution in [3.05, 3.63) is 34.8 Å². The summed E-state index contributed by atoms with van der Waals surface area (Å²) in [5.41, 5.74) is 14.2. The number of halogens is 1. The Balaban J connectivity index is 2.55. The highest BCUT2D eigenvalue weighted by Crippen LogP contribution is 2.31. The number of nitrogens with two attached hydrogens (primary N) is 2. The first-order chi connectivity index (χ1) is 8.11. The third kappa shape index (κ3) is 2.34. The van der Waals surface area contributed by atoms with Gasteiger partial charge in [-0.2, -0.15) is 0 Å². The summed E-state index contributed by atoms with van der Waals surface area (Å²) in [5, 5.41) is 0. The Labute approximate surface area is 108 Å². The largest absolute Gasteiger partial charge is 0.480 e. The summed E-state index contributed by atoms with van der Waals surface area (Å²) in [6.45, 7) is 0. The zero-order valence-electron chi connectivity index (χ0n) is 9.27. The van der Waals surface area contributed by atoms with Crippen LogP contribution in [0.25, 0.3) is 11.3 Å². The molecule has 0 fully saturated rings. The smallest absolute Gasteiger partial charge is 0.237 e. The summed E-state index contributed by atoms with van der Waals surface area (Å²) in [5.74, 6) is 0.386. The summed E-state index contributed by atoms with van der Waals surface area (Å²) in [4.78, 5) is 4.30. The lowest BCUT2D eigenvalue weighted by atomic mass is 10.1. The Morgan fingerprint density at radius 1 is 1.12 bits per heavy atom. The molecular formula is C12H12BrN3O. The zero-order chi connectivity index (χ0) is 12.4. The molecule has 88 valence electrons. The van der Waals surface area contributed by atoms with Gasteiger partial charge >= 0.3 is 0 Å². The minimum atomic E-state index is 0.386. The topological polar surface area (TPSA) is 74.2 Å². The van der Waals surface area contributed by atoms with Crippen LogP contribution in [0.2, 0.25) is 0 Å². The van der Waals surface area contributed by atoms with Gasteiger partial charge in [-0.05, 0) is 18.2 Å². The van der Waals surface area contributed by atoms with Crippen molar-refractivity contribution in [1.29, 1.82) is 0 Å². The fourth-order valence-corrected chi connectivity index (χ4v) is 1.80. The van der Waals surface area contributed by atoms with E-state index in [1.807, 2.05) is 24.3 Å². The lowest BCUT2D eigenvalue weighted by Gasteiger charge is -2.09. The summed E-state index contributed by atoms with van der Waals surface area (Å²) >= 11 is 3.38. The van der Waals surface area contributed by atoms with Gasteiger partial charge in [0.05, 0.1) is 24.2 Å². The number of ether oxygens (including phenoxy) is 1. The fraction of sp³-hybridized carbons (Fsp3) is 0.0833. The van der Waals surface area contributed by atoms with Crippen molar-refractivity contribution in [2.24, 2.45) is 0 Å². The first kappa shape index (κ1) is 11.7. The van der Waals surface area contributed by atoms with Crippen LogP contribution in [-0.2, 0) is 0 Å². The lowest BCUT2D eigenvalue weighted by molar-refractivity contribution is 0.401. The highest BCUT2D eigenvalue weighted by molar-refractivity contribution is 9.10. The first-order valence-corrected chi connectivity index (χ1v) is 5.77. The number of hydrogen-bond acceptors (Lipinski definition) is 4. The van der Waals surface area contributed by atoms with Crippen LogP contribution in [0.3, 0.4) is 0 Å². The molecule has 2 aromatic rings. The van der Waals surface area contributed by atoms with Crippen molar-refractivity contribution in [1.82, 2.24) is 4.98 Å². The maximum absolute atomic E-state index is 5.91. The molecular weight excluding hydrogens is 282 g/mol. The van der Waals surface area contributed by atoms with Gasteiger partial charge in [0.15, 0.2) is 0 Å². The number of rotatable bonds is 2. The molecule has 0 aliphatic rings. The summed E-state index contributed by atoms with van der Waals surface area (Å²) in [7, 11) is 1.53. The molecule has 0 saturated carbocycles. The third-order valence-corrected chi connectivity index (χ3v) is 2.88. The standard InChI is InChI=1S/C12H12BrN3O/c1-17-12-10(15)6-9(14)11(16-12)7-2-4-8(13)5-3-7/h2-6H,14-15H2,1H3. The number of methoxy groups -OCH3 is 1. The number of nitrogen functional groups attached to an aromatic ring is 2. The normalized spacial score (nSPS) is 10.2. The SMILES string of the molecule is COc1nc(-c2ccc(Br)cc2)c(N)cc1N. The van der Waals surface area contributed by atoms with Crippen molar-refractivity contribution in [3.63, 3.8) is 0 Å². The zero-order valence-corrected chi connectivity index (χ0v) is 10.9. The number of benzene rings is 1. The van der Waals surface area contributed by atoms with Gasteiger partial charge in [-0.3, -0.25) is 0 Å². The number of pyridine rings is 1. The molecule has 2 rings (SSSR count). The molecule has 1 heterocycles. The molecule has 0 spiro atoms. The minimum absolute atomic E-state index is 0.386. The van der Waals surface area contributed by atoms with E-state index >= 15 is 0 Å². The molecule has 0 aliphatic carbocycles. The Bertz CT molecular complexity index is 540. The molecule has 0 amide bonds. The molecule has 0 atom stereocenters. The van der Waals surface area contributed by atoms with E-state index in [1.165, 1.54) is 7.11 Å². The first-order valence-electron chi connectivity index (χ1n) is 4.97. The van der Waals surface area contributed by atoms with Crippen LogP contribution < -0.4 is 16.2 Å². The Hall–Kier alpha value is -1.75. The van der Waals surface area contributed by atoms with Crippen molar-refractivity contribution >= 4 is 27.3 Å². The molecule has 1 aromatic carbocycles. The van der Waals surface area contributed by atoms with Gasteiger partial charge in [0.25, 0.3) is 0 Å². The molecule has 0 aliphatic heterocycles. The fourth-order valence-electron chi connectivity index (χ4n) is 1.53. The molecule has 1 aromatic heterocycles. The summed E-state index contributed by atoms with van der Waals surface area (Å²) in [6, 6.07) is 9.37. The van der Waals surface area contributed by atoms with Crippen LogP contribution in [0, 0.1) is 0 Å². The second kappa shape index (κ2) is 4.63. The van der Waals surface area contributed by atoms with Gasteiger partial charge in [-0.1, -0.05) is 28.1 Å². The molecule has 4 nitrogen and oxygen atoms in total. The van der Waals surface area contributed by atoms with Crippen LogP contribution in [0.5, 0.6) is 5.88 Å². The molecule has 0 radical (unpaired) electrons. The maximum atomic E-state index is 5.91. The van der Waals surface area contributed by atoms with E-state index in [0.29, 0.717) is 22.9 Å². The van der Waals surface area contributed by atoms with Gasteiger partial charge in [-0.15, -0.1) is 0 Å². The van der Waals surface area contributed by atoms with Gasteiger partial charge in [0, 0.05) is 10.0 Å². The maximum Gasteiger partial charge on any atom is 0.237 e. The molecule has 0 bridgehead atoms. The van der Waals surface area contributed by atoms with Gasteiger partial charge < -0.3 is 16.2 Å². The number of nitrogens with zero attached hydrogens (tertiary/aromatic N) is 1. The average molecular weight is 294 g/mol. The number of hydrogen-bond donors (Lipinski definition) is 2. The van der Waals surface area contributed by atoms with Gasteiger partial charge in [0.1, 0.15) is 0 Å². The van der Waals surface area contributed by atoms with Crippen molar-refractivity contribution in [2.75, 3.05) is 18.6 Å². The third-order valence-electron chi connectivity index (χ3n) is 2.36. The van der Waals surface area contributed by atoms with Crippen LogP contribution in [0.15, 0.2) is 34.8 Å². The summed E-state index contributed by atoms with van der Waals surface area (Å²) in [6.07, 6.45) is 0. The second-order valence-corrected chi connectivity index (χ2v) is 4.45. The second-order valence-electron chi connectivity index (χ2n) is 3.53. The van der Waals surface area contributed by atoms with Crippen molar-refractivity contribution < 1.29 is 4.74 Å². The van der Waals surface area contributed by atoms with Crippen LogP contribution in [-0.4, -0.2) is 12.1 Å².